The van der Waals surface area contributed by atoms with Gasteiger partial charge in [-0.2, -0.15) is 5.10 Å². The summed E-state index contributed by atoms with van der Waals surface area (Å²) < 4.78 is 58.4. The number of hydrogen-bond donors (Lipinski definition) is 2. The monoisotopic (exact) mass is 496 g/mol. The first kappa shape index (κ1) is 23.5. The number of para-hydroxylation sites is 2. The maximum Gasteiger partial charge on any atom is 0.265 e. The van der Waals surface area contributed by atoms with Gasteiger partial charge in [-0.15, -0.1) is 0 Å². The fourth-order valence-electron chi connectivity index (χ4n) is 3.64. The van der Waals surface area contributed by atoms with Gasteiger partial charge >= 0.3 is 0 Å². The molecular formula is C24H24N4O4S2. The molecule has 0 radical (unpaired) electrons. The summed E-state index contributed by atoms with van der Waals surface area (Å²) in [5, 5.41) is 4.39. The normalized spacial score (nSPS) is 11.9. The van der Waals surface area contributed by atoms with Gasteiger partial charge in [0.1, 0.15) is 4.90 Å². The fraction of sp³-hybridized carbons (Fsp3) is 0.125. The van der Waals surface area contributed by atoms with Crippen LogP contribution < -0.4 is 9.44 Å². The van der Waals surface area contributed by atoms with E-state index < -0.39 is 20.0 Å². The van der Waals surface area contributed by atoms with Crippen molar-refractivity contribution < 1.29 is 16.8 Å². The Bertz CT molecular complexity index is 1540. The van der Waals surface area contributed by atoms with E-state index in [1.807, 2.05) is 36.4 Å². The molecular weight excluding hydrogens is 472 g/mol. The minimum absolute atomic E-state index is 0.0166. The highest BCUT2D eigenvalue weighted by Crippen LogP contribution is 2.26. The Morgan fingerprint density at radius 1 is 0.706 bits per heavy atom. The van der Waals surface area contributed by atoms with Gasteiger partial charge in [-0.25, -0.2) is 21.5 Å². The molecule has 10 heteroatoms. The SMILES string of the molecule is Cc1ccccc1NS(=O)(=O)c1ccc(NS(=O)(=O)c2c(C)nn(-c3ccccc3)c2C)cc1. The molecule has 0 fully saturated rings. The van der Waals surface area contributed by atoms with Crippen LogP contribution in [0.2, 0.25) is 0 Å². The molecule has 0 unspecified atom stereocenters. The van der Waals surface area contributed by atoms with Crippen LogP contribution in [0.3, 0.4) is 0 Å². The van der Waals surface area contributed by atoms with Crippen molar-refractivity contribution in [3.05, 3.63) is 95.8 Å². The van der Waals surface area contributed by atoms with Crippen LogP contribution in [0, 0.1) is 20.8 Å². The van der Waals surface area contributed by atoms with E-state index >= 15 is 0 Å². The molecule has 0 saturated carbocycles. The van der Waals surface area contributed by atoms with Crippen LogP contribution in [-0.2, 0) is 20.0 Å². The van der Waals surface area contributed by atoms with Gasteiger partial charge in [-0.05, 0) is 68.8 Å². The van der Waals surface area contributed by atoms with Crippen molar-refractivity contribution in [3.8, 4) is 5.69 Å². The summed E-state index contributed by atoms with van der Waals surface area (Å²) in [5.41, 5.74) is 3.08. The first-order valence-corrected chi connectivity index (χ1v) is 13.4. The Hall–Kier alpha value is -3.63. The summed E-state index contributed by atoms with van der Waals surface area (Å²) in [6.45, 7) is 5.13. The lowest BCUT2D eigenvalue weighted by Gasteiger charge is -2.12. The first-order valence-electron chi connectivity index (χ1n) is 10.4. The maximum atomic E-state index is 13.2. The highest BCUT2D eigenvalue weighted by Gasteiger charge is 2.25. The van der Waals surface area contributed by atoms with E-state index in [0.29, 0.717) is 17.1 Å². The van der Waals surface area contributed by atoms with E-state index in [-0.39, 0.29) is 15.5 Å². The molecule has 0 atom stereocenters. The topological polar surface area (TPSA) is 110 Å². The van der Waals surface area contributed by atoms with Crippen LogP contribution in [0.15, 0.2) is 88.7 Å². The highest BCUT2D eigenvalue weighted by molar-refractivity contribution is 7.93. The van der Waals surface area contributed by atoms with E-state index in [1.54, 1.807) is 43.7 Å². The molecule has 176 valence electrons. The zero-order valence-corrected chi connectivity index (χ0v) is 20.5. The van der Waals surface area contributed by atoms with Crippen LogP contribution in [0.5, 0.6) is 0 Å². The van der Waals surface area contributed by atoms with E-state index in [9.17, 15) is 16.8 Å². The molecule has 8 nitrogen and oxygen atoms in total. The quantitative estimate of drug-likeness (QED) is 0.394. The average Bonchev–Trinajstić information content (AvgIpc) is 3.10. The molecule has 4 rings (SSSR count). The van der Waals surface area contributed by atoms with Crippen molar-refractivity contribution in [2.45, 2.75) is 30.6 Å². The summed E-state index contributed by atoms with van der Waals surface area (Å²) in [4.78, 5) is 0.0947. The standard InChI is InChI=1S/C24H24N4O4S2/c1-17-9-7-8-12-23(17)27-33(29,30)22-15-13-20(14-16-22)26-34(31,32)24-18(2)25-28(19(24)3)21-10-5-4-6-11-21/h4-16,26-27H,1-3H3. The van der Waals surface area contributed by atoms with Gasteiger partial charge in [0, 0.05) is 5.69 Å². The fourth-order valence-corrected chi connectivity index (χ4v) is 6.22. The predicted molar refractivity (Wildman–Crippen MR) is 132 cm³/mol. The molecule has 0 aliphatic carbocycles. The number of sulfonamides is 2. The molecule has 3 aromatic carbocycles. The molecule has 0 aliphatic heterocycles. The third-order valence-corrected chi connectivity index (χ3v) is 8.31. The molecule has 0 saturated heterocycles. The molecule has 1 heterocycles. The van der Waals surface area contributed by atoms with Crippen LogP contribution in [0.1, 0.15) is 17.0 Å². The minimum Gasteiger partial charge on any atom is -0.280 e. The van der Waals surface area contributed by atoms with Crippen molar-refractivity contribution in [1.82, 2.24) is 9.78 Å². The number of nitrogens with one attached hydrogen (secondary N) is 2. The third kappa shape index (κ3) is 4.68. The molecule has 1 aromatic heterocycles. The molecule has 0 bridgehead atoms. The van der Waals surface area contributed by atoms with E-state index in [2.05, 4.69) is 14.5 Å². The van der Waals surface area contributed by atoms with Crippen molar-refractivity contribution in [2.75, 3.05) is 9.44 Å². The number of nitrogens with zero attached hydrogens (tertiary/aromatic N) is 2. The zero-order chi connectivity index (χ0) is 24.5. The van der Waals surface area contributed by atoms with Gasteiger partial charge in [0.25, 0.3) is 20.0 Å². The molecule has 0 spiro atoms. The number of anilines is 2. The van der Waals surface area contributed by atoms with Crippen LogP contribution >= 0.6 is 0 Å². The van der Waals surface area contributed by atoms with Gasteiger partial charge < -0.3 is 0 Å². The lowest BCUT2D eigenvalue weighted by molar-refractivity contribution is 0.599. The lowest BCUT2D eigenvalue weighted by Crippen LogP contribution is -2.16. The van der Waals surface area contributed by atoms with Crippen molar-refractivity contribution in [2.24, 2.45) is 0 Å². The summed E-state index contributed by atoms with van der Waals surface area (Å²) in [6.07, 6.45) is 0. The van der Waals surface area contributed by atoms with Crippen LogP contribution in [0.25, 0.3) is 5.69 Å². The Balaban J connectivity index is 1.58. The maximum absolute atomic E-state index is 13.2. The van der Waals surface area contributed by atoms with Crippen molar-refractivity contribution in [3.63, 3.8) is 0 Å². The highest BCUT2D eigenvalue weighted by atomic mass is 32.2. The van der Waals surface area contributed by atoms with Gasteiger partial charge in [0.2, 0.25) is 0 Å². The van der Waals surface area contributed by atoms with Crippen molar-refractivity contribution >= 4 is 31.4 Å². The van der Waals surface area contributed by atoms with Gasteiger partial charge in [-0.3, -0.25) is 9.44 Å². The number of hydrogen-bond acceptors (Lipinski definition) is 5. The third-order valence-electron chi connectivity index (χ3n) is 5.30. The van der Waals surface area contributed by atoms with Crippen molar-refractivity contribution in [1.29, 1.82) is 0 Å². The van der Waals surface area contributed by atoms with E-state index in [4.69, 9.17) is 0 Å². The average molecular weight is 497 g/mol. The zero-order valence-electron chi connectivity index (χ0n) is 18.8. The summed E-state index contributed by atoms with van der Waals surface area (Å²) in [5.74, 6) is 0. The molecule has 0 amide bonds. The molecule has 0 aliphatic rings. The number of aryl methyl sites for hydroxylation is 2. The Labute approximate surface area is 199 Å². The number of benzene rings is 3. The van der Waals surface area contributed by atoms with Crippen LogP contribution in [0.4, 0.5) is 11.4 Å². The molecule has 34 heavy (non-hydrogen) atoms. The lowest BCUT2D eigenvalue weighted by atomic mass is 10.2. The summed E-state index contributed by atoms with van der Waals surface area (Å²) >= 11 is 0. The van der Waals surface area contributed by atoms with Gasteiger partial charge in [0.05, 0.1) is 27.7 Å². The largest absolute Gasteiger partial charge is 0.280 e. The predicted octanol–water partition coefficient (Wildman–Crippen LogP) is 4.40. The smallest absolute Gasteiger partial charge is 0.265 e. The van der Waals surface area contributed by atoms with Gasteiger partial charge in [-0.1, -0.05) is 36.4 Å². The Morgan fingerprint density at radius 3 is 1.97 bits per heavy atom. The van der Waals surface area contributed by atoms with Crippen LogP contribution in [-0.4, -0.2) is 26.6 Å². The van der Waals surface area contributed by atoms with Gasteiger partial charge in [0.15, 0.2) is 0 Å². The second-order valence-electron chi connectivity index (χ2n) is 7.80. The molecule has 4 aromatic rings. The minimum atomic E-state index is -3.96. The summed E-state index contributed by atoms with van der Waals surface area (Å²) in [7, 11) is -7.79. The summed E-state index contributed by atoms with van der Waals surface area (Å²) in [6, 6.07) is 21.8. The Morgan fingerprint density at radius 2 is 1.32 bits per heavy atom. The number of aromatic nitrogens is 2. The molecule has 2 N–H and O–H groups in total. The number of rotatable bonds is 7. The van der Waals surface area contributed by atoms with E-state index in [0.717, 1.165) is 11.3 Å². The Kier molecular flexibility index (Phi) is 6.20. The second-order valence-corrected chi connectivity index (χ2v) is 11.1. The second kappa shape index (κ2) is 8.96. The first-order chi connectivity index (χ1) is 16.1. The van der Waals surface area contributed by atoms with E-state index in [1.165, 1.54) is 24.3 Å².